The third kappa shape index (κ3) is 3.00. The van der Waals surface area contributed by atoms with E-state index in [-0.39, 0.29) is 21.3 Å². The van der Waals surface area contributed by atoms with Crippen molar-refractivity contribution in [2.24, 2.45) is 0 Å². The summed E-state index contributed by atoms with van der Waals surface area (Å²) in [4.78, 5) is 11.9. The van der Waals surface area contributed by atoms with Gasteiger partial charge in [-0.25, -0.2) is 8.78 Å². The van der Waals surface area contributed by atoms with Gasteiger partial charge in [0, 0.05) is 6.07 Å². The van der Waals surface area contributed by atoms with Crippen molar-refractivity contribution in [1.29, 1.82) is 0 Å². The van der Waals surface area contributed by atoms with E-state index in [0.29, 0.717) is 0 Å². The van der Waals surface area contributed by atoms with Gasteiger partial charge in [0.05, 0.1) is 21.3 Å². The summed E-state index contributed by atoms with van der Waals surface area (Å²) in [6.07, 6.45) is 0. The van der Waals surface area contributed by atoms with Gasteiger partial charge in [-0.1, -0.05) is 23.2 Å². The lowest BCUT2D eigenvalue weighted by molar-refractivity contribution is 0.102. The number of rotatable bonds is 2. The molecule has 2 N–H and O–H groups in total. The van der Waals surface area contributed by atoms with Crippen molar-refractivity contribution in [3.8, 4) is 5.75 Å². The molecule has 2 rings (SSSR count). The summed E-state index contributed by atoms with van der Waals surface area (Å²) in [5, 5.41) is 11.6. The molecule has 0 aliphatic rings. The molecule has 0 atom stereocenters. The van der Waals surface area contributed by atoms with Gasteiger partial charge in [0.15, 0.2) is 0 Å². The second-order valence-corrected chi connectivity index (χ2v) is 4.68. The first-order chi connectivity index (χ1) is 9.38. The third-order valence-electron chi connectivity index (χ3n) is 2.46. The summed E-state index contributed by atoms with van der Waals surface area (Å²) in [5.74, 6) is -2.72. The van der Waals surface area contributed by atoms with Gasteiger partial charge < -0.3 is 10.4 Å². The first-order valence-corrected chi connectivity index (χ1v) is 6.08. The van der Waals surface area contributed by atoms with Gasteiger partial charge in [-0.05, 0) is 24.3 Å². The first kappa shape index (κ1) is 14.6. The summed E-state index contributed by atoms with van der Waals surface area (Å²) in [6, 6.07) is 5.11. The Kier molecular flexibility index (Phi) is 4.11. The number of anilines is 1. The van der Waals surface area contributed by atoms with Gasteiger partial charge in [0.2, 0.25) is 0 Å². The predicted molar refractivity (Wildman–Crippen MR) is 72.4 cm³/mol. The minimum Gasteiger partial charge on any atom is -0.507 e. The Morgan fingerprint density at radius 2 is 1.80 bits per heavy atom. The van der Waals surface area contributed by atoms with Crippen LogP contribution in [0.1, 0.15) is 10.4 Å². The van der Waals surface area contributed by atoms with E-state index in [4.69, 9.17) is 23.2 Å². The number of benzene rings is 2. The van der Waals surface area contributed by atoms with Crippen LogP contribution in [0, 0.1) is 11.6 Å². The van der Waals surface area contributed by atoms with E-state index in [1.54, 1.807) is 0 Å². The van der Waals surface area contributed by atoms with E-state index in [0.717, 1.165) is 24.3 Å². The van der Waals surface area contributed by atoms with Crippen molar-refractivity contribution >= 4 is 34.8 Å². The Balaban J connectivity index is 2.31. The summed E-state index contributed by atoms with van der Waals surface area (Å²) < 4.78 is 25.9. The average Bonchev–Trinajstić information content (AvgIpc) is 2.37. The zero-order chi connectivity index (χ0) is 14.9. The molecule has 0 unspecified atom stereocenters. The molecule has 0 aromatic heterocycles. The number of nitrogens with one attached hydrogen (secondary N) is 1. The Bertz CT molecular complexity index is 692. The van der Waals surface area contributed by atoms with Crippen LogP contribution in [0.3, 0.4) is 0 Å². The van der Waals surface area contributed by atoms with Crippen LogP contribution in [0.15, 0.2) is 30.3 Å². The van der Waals surface area contributed by atoms with Crippen molar-refractivity contribution in [2.45, 2.75) is 0 Å². The SMILES string of the molecule is O=C(Nc1ccc(F)cc1Cl)c1cc(Cl)c(F)cc1O. The van der Waals surface area contributed by atoms with Crippen molar-refractivity contribution in [3.63, 3.8) is 0 Å². The maximum Gasteiger partial charge on any atom is 0.259 e. The van der Waals surface area contributed by atoms with Gasteiger partial charge in [0.1, 0.15) is 17.4 Å². The molecule has 1 amide bonds. The highest BCUT2D eigenvalue weighted by molar-refractivity contribution is 6.34. The highest BCUT2D eigenvalue weighted by atomic mass is 35.5. The molecular weight excluding hydrogens is 311 g/mol. The van der Waals surface area contributed by atoms with Gasteiger partial charge in [-0.3, -0.25) is 4.79 Å². The maximum absolute atomic E-state index is 13.1. The molecule has 0 saturated heterocycles. The van der Waals surface area contributed by atoms with Crippen molar-refractivity contribution in [1.82, 2.24) is 0 Å². The molecule has 2 aromatic carbocycles. The van der Waals surface area contributed by atoms with E-state index >= 15 is 0 Å². The normalized spacial score (nSPS) is 10.4. The number of aromatic hydroxyl groups is 1. The molecule has 0 radical (unpaired) electrons. The lowest BCUT2D eigenvalue weighted by Gasteiger charge is -2.09. The molecule has 0 heterocycles. The number of hydrogen-bond acceptors (Lipinski definition) is 2. The largest absolute Gasteiger partial charge is 0.507 e. The van der Waals surface area contributed by atoms with E-state index < -0.39 is 23.3 Å². The molecule has 0 aliphatic heterocycles. The zero-order valence-electron chi connectivity index (χ0n) is 9.75. The second kappa shape index (κ2) is 5.64. The molecule has 104 valence electrons. The summed E-state index contributed by atoms with van der Waals surface area (Å²) in [7, 11) is 0. The zero-order valence-corrected chi connectivity index (χ0v) is 11.3. The number of hydrogen-bond donors (Lipinski definition) is 2. The number of halogens is 4. The molecule has 20 heavy (non-hydrogen) atoms. The monoisotopic (exact) mass is 317 g/mol. The van der Waals surface area contributed by atoms with Crippen LogP contribution in [-0.4, -0.2) is 11.0 Å². The molecule has 0 bridgehead atoms. The molecular formula is C13H7Cl2F2NO2. The molecule has 0 fully saturated rings. The Hall–Kier alpha value is -1.85. The number of phenolic OH excluding ortho intramolecular Hbond substituents is 1. The highest BCUT2D eigenvalue weighted by Gasteiger charge is 2.16. The first-order valence-electron chi connectivity index (χ1n) is 5.33. The van der Waals surface area contributed by atoms with E-state index in [2.05, 4.69) is 5.32 Å². The highest BCUT2D eigenvalue weighted by Crippen LogP contribution is 2.27. The van der Waals surface area contributed by atoms with Gasteiger partial charge in [-0.15, -0.1) is 0 Å². The van der Waals surface area contributed by atoms with Crippen molar-refractivity contribution in [2.75, 3.05) is 5.32 Å². The fraction of sp³-hybridized carbons (Fsp3) is 0. The van der Waals surface area contributed by atoms with Crippen LogP contribution < -0.4 is 5.32 Å². The number of carbonyl (C=O) groups is 1. The summed E-state index contributed by atoms with van der Waals surface area (Å²) in [6.45, 7) is 0. The fourth-order valence-corrected chi connectivity index (χ4v) is 1.88. The van der Waals surface area contributed by atoms with Crippen LogP contribution in [0.5, 0.6) is 5.75 Å². The lowest BCUT2D eigenvalue weighted by atomic mass is 10.1. The Morgan fingerprint density at radius 1 is 1.10 bits per heavy atom. The van der Waals surface area contributed by atoms with Gasteiger partial charge >= 0.3 is 0 Å². The minimum atomic E-state index is -0.847. The number of phenols is 1. The smallest absolute Gasteiger partial charge is 0.259 e. The fourth-order valence-electron chi connectivity index (χ4n) is 1.50. The predicted octanol–water partition coefficient (Wildman–Crippen LogP) is 4.23. The topological polar surface area (TPSA) is 49.3 Å². The van der Waals surface area contributed by atoms with Crippen molar-refractivity contribution < 1.29 is 18.7 Å². The molecule has 3 nitrogen and oxygen atoms in total. The summed E-state index contributed by atoms with van der Waals surface area (Å²) in [5.41, 5.74) is -0.0743. The lowest BCUT2D eigenvalue weighted by Crippen LogP contribution is -2.12. The van der Waals surface area contributed by atoms with E-state index in [1.165, 1.54) is 6.07 Å². The average molecular weight is 318 g/mol. The summed E-state index contributed by atoms with van der Waals surface area (Å²) >= 11 is 11.3. The standard InChI is InChI=1S/C13H7Cl2F2NO2/c14-8-4-7(12(19)5-10(8)17)13(20)18-11-2-1-6(16)3-9(11)15/h1-5,19H,(H,18,20). The molecule has 0 aliphatic carbocycles. The van der Waals surface area contributed by atoms with Crippen LogP contribution >= 0.6 is 23.2 Å². The molecule has 0 saturated carbocycles. The quantitative estimate of drug-likeness (QED) is 0.870. The third-order valence-corrected chi connectivity index (χ3v) is 3.06. The minimum absolute atomic E-state index is 0.00829. The number of amides is 1. The maximum atomic E-state index is 13.1. The van der Waals surface area contributed by atoms with Crippen LogP contribution in [0.2, 0.25) is 10.0 Å². The van der Waals surface area contributed by atoms with Crippen LogP contribution in [0.4, 0.5) is 14.5 Å². The van der Waals surface area contributed by atoms with E-state index in [9.17, 15) is 18.7 Å². The van der Waals surface area contributed by atoms with Crippen molar-refractivity contribution in [3.05, 3.63) is 57.6 Å². The molecule has 7 heteroatoms. The molecule has 2 aromatic rings. The van der Waals surface area contributed by atoms with Crippen LogP contribution in [-0.2, 0) is 0 Å². The van der Waals surface area contributed by atoms with E-state index in [1.807, 2.05) is 0 Å². The van der Waals surface area contributed by atoms with Gasteiger partial charge in [-0.2, -0.15) is 0 Å². The Labute approximate surface area is 122 Å². The Morgan fingerprint density at radius 3 is 2.45 bits per heavy atom. The molecule has 0 spiro atoms. The van der Waals surface area contributed by atoms with Crippen LogP contribution in [0.25, 0.3) is 0 Å². The van der Waals surface area contributed by atoms with Gasteiger partial charge in [0.25, 0.3) is 5.91 Å². The number of carbonyl (C=O) groups excluding carboxylic acids is 1. The second-order valence-electron chi connectivity index (χ2n) is 3.86.